The molecule has 0 bridgehead atoms. The van der Waals surface area contributed by atoms with Crippen LogP contribution in [0.15, 0.2) is 18.2 Å². The lowest BCUT2D eigenvalue weighted by atomic mass is 10.1. The molecule has 1 saturated heterocycles. The molecule has 0 amide bonds. The van der Waals surface area contributed by atoms with Gasteiger partial charge in [0.2, 0.25) is 0 Å². The van der Waals surface area contributed by atoms with Crippen molar-refractivity contribution in [2.45, 2.75) is 19.0 Å². The highest BCUT2D eigenvalue weighted by Crippen LogP contribution is 2.36. The Bertz CT molecular complexity index is 511. The molecule has 1 aliphatic rings. The third kappa shape index (κ3) is 4.10. The minimum atomic E-state index is -4.53. The zero-order valence-electron chi connectivity index (χ0n) is 11.5. The predicted molar refractivity (Wildman–Crippen MR) is 73.6 cm³/mol. The molecule has 1 aromatic carbocycles. The zero-order chi connectivity index (χ0) is 15.5. The normalized spacial score (nSPS) is 16.1. The second-order valence-corrected chi connectivity index (χ2v) is 5.02. The average molecular weight is 301 g/mol. The van der Waals surface area contributed by atoms with Crippen molar-refractivity contribution >= 4 is 5.84 Å². The molecule has 1 fully saturated rings. The summed E-state index contributed by atoms with van der Waals surface area (Å²) in [6.45, 7) is 2.77. The number of halogens is 3. The Balaban J connectivity index is 2.08. The van der Waals surface area contributed by atoms with Crippen LogP contribution < -0.4 is 10.5 Å². The van der Waals surface area contributed by atoms with E-state index in [4.69, 9.17) is 15.9 Å². The van der Waals surface area contributed by atoms with Crippen LogP contribution in [-0.4, -0.2) is 37.0 Å². The number of rotatable bonds is 5. The van der Waals surface area contributed by atoms with E-state index in [9.17, 15) is 13.2 Å². The number of hydrogen-bond acceptors (Lipinski definition) is 3. The summed E-state index contributed by atoms with van der Waals surface area (Å²) < 4.78 is 44.3. The topological polar surface area (TPSA) is 62.3 Å². The molecule has 1 aliphatic heterocycles. The van der Waals surface area contributed by atoms with Crippen molar-refractivity contribution < 1.29 is 17.9 Å². The number of hydrogen-bond donors (Lipinski definition) is 2. The highest BCUT2D eigenvalue weighted by molar-refractivity contribution is 5.95. The SMILES string of the molecule is N=C(N)c1ccc(OCCN2CCCC2)c(C(F)(F)F)c1. The van der Waals surface area contributed by atoms with Crippen molar-refractivity contribution in [1.82, 2.24) is 4.90 Å². The number of nitrogens with two attached hydrogens (primary N) is 1. The predicted octanol–water partition coefficient (Wildman–Crippen LogP) is 2.46. The number of nitrogens with one attached hydrogen (secondary N) is 1. The number of ether oxygens (including phenoxy) is 1. The second kappa shape index (κ2) is 6.34. The molecule has 1 heterocycles. The van der Waals surface area contributed by atoms with Crippen molar-refractivity contribution in [2.24, 2.45) is 5.73 Å². The number of likely N-dealkylation sites (tertiary alicyclic amines) is 1. The minimum Gasteiger partial charge on any atom is -0.492 e. The molecule has 0 aromatic heterocycles. The molecule has 7 heteroatoms. The Hall–Kier alpha value is -1.76. The maximum Gasteiger partial charge on any atom is 0.419 e. The minimum absolute atomic E-state index is 0.0363. The number of benzene rings is 1. The van der Waals surface area contributed by atoms with Gasteiger partial charge in [0.05, 0.1) is 5.56 Å². The zero-order valence-corrected chi connectivity index (χ0v) is 11.5. The summed E-state index contributed by atoms with van der Waals surface area (Å²) >= 11 is 0. The summed E-state index contributed by atoms with van der Waals surface area (Å²) in [5.74, 6) is -0.615. The number of alkyl halides is 3. The number of amidine groups is 1. The Morgan fingerprint density at radius 3 is 2.52 bits per heavy atom. The first-order chi connectivity index (χ1) is 9.88. The van der Waals surface area contributed by atoms with Crippen LogP contribution in [-0.2, 0) is 6.18 Å². The van der Waals surface area contributed by atoms with Gasteiger partial charge in [0, 0.05) is 12.1 Å². The quantitative estimate of drug-likeness (QED) is 0.649. The molecule has 0 radical (unpaired) electrons. The van der Waals surface area contributed by atoms with Crippen LogP contribution >= 0.6 is 0 Å². The van der Waals surface area contributed by atoms with E-state index in [2.05, 4.69) is 4.90 Å². The molecular weight excluding hydrogens is 283 g/mol. The van der Waals surface area contributed by atoms with Gasteiger partial charge in [0.15, 0.2) is 0 Å². The van der Waals surface area contributed by atoms with E-state index >= 15 is 0 Å². The largest absolute Gasteiger partial charge is 0.492 e. The molecule has 0 saturated carbocycles. The Kier molecular flexibility index (Phi) is 4.72. The Labute approximate surface area is 121 Å². The van der Waals surface area contributed by atoms with Gasteiger partial charge in [-0.3, -0.25) is 10.3 Å². The number of nitrogens with zero attached hydrogens (tertiary/aromatic N) is 1. The van der Waals surface area contributed by atoms with Gasteiger partial charge in [-0.25, -0.2) is 0 Å². The van der Waals surface area contributed by atoms with Crippen LogP contribution in [0.25, 0.3) is 0 Å². The van der Waals surface area contributed by atoms with E-state index in [0.717, 1.165) is 32.0 Å². The maximum atomic E-state index is 13.0. The molecule has 0 aliphatic carbocycles. The van der Waals surface area contributed by atoms with Gasteiger partial charge in [-0.15, -0.1) is 0 Å². The molecule has 4 nitrogen and oxygen atoms in total. The second-order valence-electron chi connectivity index (χ2n) is 5.02. The van der Waals surface area contributed by atoms with Gasteiger partial charge in [-0.1, -0.05) is 0 Å². The fraction of sp³-hybridized carbons (Fsp3) is 0.500. The third-order valence-electron chi connectivity index (χ3n) is 3.46. The van der Waals surface area contributed by atoms with Gasteiger partial charge in [-0.2, -0.15) is 13.2 Å². The summed E-state index contributed by atoms with van der Waals surface area (Å²) in [7, 11) is 0. The van der Waals surface area contributed by atoms with Crippen LogP contribution in [0.5, 0.6) is 5.75 Å². The van der Waals surface area contributed by atoms with Crippen LogP contribution in [0.3, 0.4) is 0 Å². The molecule has 0 atom stereocenters. The molecule has 0 spiro atoms. The first kappa shape index (κ1) is 15.6. The molecule has 1 aromatic rings. The van der Waals surface area contributed by atoms with E-state index < -0.39 is 17.6 Å². The summed E-state index contributed by atoms with van der Waals surface area (Å²) in [5.41, 5.74) is 4.37. The van der Waals surface area contributed by atoms with E-state index in [0.29, 0.717) is 6.54 Å². The van der Waals surface area contributed by atoms with Gasteiger partial charge in [-0.05, 0) is 44.1 Å². The molecule has 116 valence electrons. The fourth-order valence-electron chi connectivity index (χ4n) is 2.34. The van der Waals surface area contributed by atoms with Crippen molar-refractivity contribution in [1.29, 1.82) is 5.41 Å². The smallest absolute Gasteiger partial charge is 0.419 e. The molecule has 2 rings (SSSR count). The maximum absolute atomic E-state index is 13.0. The standard InChI is InChI=1S/C14H18F3N3O/c15-14(16,17)11-9-10(13(18)19)3-4-12(11)21-8-7-20-5-1-2-6-20/h3-4,9H,1-2,5-8H2,(H3,18,19). The molecule has 21 heavy (non-hydrogen) atoms. The van der Waals surface area contributed by atoms with Gasteiger partial charge in [0.25, 0.3) is 0 Å². The van der Waals surface area contributed by atoms with E-state index in [-0.39, 0.29) is 17.9 Å². The monoisotopic (exact) mass is 301 g/mol. The van der Waals surface area contributed by atoms with Crippen molar-refractivity contribution in [3.05, 3.63) is 29.3 Å². The third-order valence-corrected chi connectivity index (χ3v) is 3.46. The highest BCUT2D eigenvalue weighted by Gasteiger charge is 2.35. The average Bonchev–Trinajstić information content (AvgIpc) is 2.90. The van der Waals surface area contributed by atoms with Gasteiger partial charge < -0.3 is 10.5 Å². The summed E-state index contributed by atoms with van der Waals surface area (Å²) in [6, 6.07) is 3.44. The number of nitrogen functional groups attached to an aromatic ring is 1. The van der Waals surface area contributed by atoms with Gasteiger partial charge in [0.1, 0.15) is 18.2 Å². The van der Waals surface area contributed by atoms with Crippen molar-refractivity contribution in [2.75, 3.05) is 26.2 Å². The molecule has 0 unspecified atom stereocenters. The fourth-order valence-corrected chi connectivity index (χ4v) is 2.34. The Morgan fingerprint density at radius 2 is 1.95 bits per heavy atom. The summed E-state index contributed by atoms with van der Waals surface area (Å²) in [4.78, 5) is 2.16. The summed E-state index contributed by atoms with van der Waals surface area (Å²) in [5, 5.41) is 7.22. The van der Waals surface area contributed by atoms with Crippen LogP contribution in [0, 0.1) is 5.41 Å². The van der Waals surface area contributed by atoms with Crippen LogP contribution in [0.1, 0.15) is 24.0 Å². The van der Waals surface area contributed by atoms with Crippen LogP contribution in [0.2, 0.25) is 0 Å². The van der Waals surface area contributed by atoms with E-state index in [1.807, 2.05) is 0 Å². The lowest BCUT2D eigenvalue weighted by Crippen LogP contribution is -2.25. The first-order valence-electron chi connectivity index (χ1n) is 6.79. The van der Waals surface area contributed by atoms with E-state index in [1.165, 1.54) is 12.1 Å². The molecular formula is C14H18F3N3O. The van der Waals surface area contributed by atoms with Crippen LogP contribution in [0.4, 0.5) is 13.2 Å². The van der Waals surface area contributed by atoms with E-state index in [1.54, 1.807) is 0 Å². The molecule has 3 N–H and O–H groups in total. The summed E-state index contributed by atoms with van der Waals surface area (Å²) in [6.07, 6.45) is -2.28. The Morgan fingerprint density at radius 1 is 1.29 bits per heavy atom. The van der Waals surface area contributed by atoms with Gasteiger partial charge >= 0.3 is 6.18 Å². The van der Waals surface area contributed by atoms with Crippen molar-refractivity contribution in [3.63, 3.8) is 0 Å². The van der Waals surface area contributed by atoms with Crippen molar-refractivity contribution in [3.8, 4) is 5.75 Å². The first-order valence-corrected chi connectivity index (χ1v) is 6.79. The highest BCUT2D eigenvalue weighted by atomic mass is 19.4. The lowest BCUT2D eigenvalue weighted by molar-refractivity contribution is -0.139. The lowest BCUT2D eigenvalue weighted by Gasteiger charge is -2.18.